The molecule has 1 aromatic rings. The number of benzene rings is 1. The molecule has 150 valence electrons. The molecule has 2 heterocycles. The van der Waals surface area contributed by atoms with Gasteiger partial charge in [0.2, 0.25) is 0 Å². The second kappa shape index (κ2) is 6.22. The number of carbonyl (C=O) groups excluding carboxylic acids is 1. The molecule has 2 amide bonds. The van der Waals surface area contributed by atoms with Crippen LogP contribution in [0.3, 0.4) is 0 Å². The van der Waals surface area contributed by atoms with Gasteiger partial charge in [0.05, 0.1) is 0 Å². The highest BCUT2D eigenvalue weighted by atomic mass is 16.2. The van der Waals surface area contributed by atoms with E-state index in [0.29, 0.717) is 12.0 Å². The molecule has 0 aromatic heterocycles. The molecule has 4 aliphatic carbocycles. The van der Waals surface area contributed by atoms with Crippen molar-refractivity contribution in [2.24, 2.45) is 35.3 Å². The lowest BCUT2D eigenvalue weighted by Gasteiger charge is -2.60. The highest BCUT2D eigenvalue weighted by molar-refractivity contribution is 5.72. The summed E-state index contributed by atoms with van der Waals surface area (Å²) >= 11 is 0. The number of likely N-dealkylation sites (tertiary alicyclic amines) is 1. The molecule has 2 unspecified atom stereocenters. The van der Waals surface area contributed by atoms with E-state index < -0.39 is 0 Å². The van der Waals surface area contributed by atoms with Crippen LogP contribution in [0.4, 0.5) is 4.79 Å². The first-order chi connectivity index (χ1) is 13.6. The van der Waals surface area contributed by atoms with Crippen molar-refractivity contribution in [3.63, 3.8) is 0 Å². The van der Waals surface area contributed by atoms with E-state index in [1.54, 1.807) is 0 Å². The first-order valence-corrected chi connectivity index (χ1v) is 11.5. The molecule has 1 spiro atoms. The second-order valence-corrected chi connectivity index (χ2v) is 10.6. The van der Waals surface area contributed by atoms with Crippen molar-refractivity contribution >= 4 is 6.03 Å². The maximum atomic E-state index is 12.4. The fourth-order valence-corrected chi connectivity index (χ4v) is 8.45. The third-order valence-corrected chi connectivity index (χ3v) is 9.23. The molecule has 3 N–H and O–H groups in total. The van der Waals surface area contributed by atoms with Crippen LogP contribution >= 0.6 is 0 Å². The molecule has 4 heteroatoms. The lowest BCUT2D eigenvalue weighted by atomic mass is 9.49. The van der Waals surface area contributed by atoms with Gasteiger partial charge in [0.1, 0.15) is 0 Å². The molecule has 6 aliphatic rings. The standard InChI is InChI=1S/C24H33N3O/c25-23(28)27-6-5-24(14-26-13-17-3-1-2-4-20(17)24)12-21(27)22-18-8-15-7-16(10-18)11-19(22)9-15/h1-4,15-16,18-19,21-22,26H,5-14H2,(H2,25,28). The number of piperidine rings is 1. The number of primary amides is 1. The fraction of sp³-hybridized carbons (Fsp3) is 0.708. The smallest absolute Gasteiger partial charge is 0.315 e. The van der Waals surface area contributed by atoms with Crippen molar-refractivity contribution in [2.75, 3.05) is 13.1 Å². The summed E-state index contributed by atoms with van der Waals surface area (Å²) in [4.78, 5) is 14.5. The quantitative estimate of drug-likeness (QED) is 0.783. The predicted molar refractivity (Wildman–Crippen MR) is 110 cm³/mol. The molecule has 4 saturated carbocycles. The van der Waals surface area contributed by atoms with Crippen molar-refractivity contribution in [3.8, 4) is 0 Å². The Bertz CT molecular complexity index is 764. The number of nitrogens with two attached hydrogens (primary N) is 1. The van der Waals surface area contributed by atoms with Gasteiger partial charge in [-0.2, -0.15) is 0 Å². The molecule has 2 aliphatic heterocycles. The topological polar surface area (TPSA) is 58.4 Å². The number of rotatable bonds is 1. The SMILES string of the molecule is NC(=O)N1CCC2(CNCc3ccccc32)CC1C1C2CC3CC(C2)CC1C3. The summed E-state index contributed by atoms with van der Waals surface area (Å²) in [7, 11) is 0. The van der Waals surface area contributed by atoms with Crippen LogP contribution in [0.5, 0.6) is 0 Å². The van der Waals surface area contributed by atoms with Crippen LogP contribution in [0, 0.1) is 29.6 Å². The number of carbonyl (C=O) groups is 1. The van der Waals surface area contributed by atoms with Gasteiger partial charge < -0.3 is 16.0 Å². The molecule has 1 aromatic carbocycles. The molecule has 2 atom stereocenters. The van der Waals surface area contributed by atoms with Gasteiger partial charge in [-0.1, -0.05) is 24.3 Å². The average molecular weight is 380 g/mol. The summed E-state index contributed by atoms with van der Waals surface area (Å²) in [6, 6.07) is 9.13. The van der Waals surface area contributed by atoms with E-state index in [4.69, 9.17) is 5.73 Å². The average Bonchev–Trinajstić information content (AvgIpc) is 2.68. The highest BCUT2D eigenvalue weighted by Gasteiger charge is 2.55. The number of amides is 2. The summed E-state index contributed by atoms with van der Waals surface area (Å²) in [6.45, 7) is 2.83. The Kier molecular flexibility index (Phi) is 3.85. The van der Waals surface area contributed by atoms with Gasteiger partial charge >= 0.3 is 6.03 Å². The zero-order valence-corrected chi connectivity index (χ0v) is 16.8. The number of hydrogen-bond donors (Lipinski definition) is 2. The van der Waals surface area contributed by atoms with E-state index in [1.807, 2.05) is 0 Å². The normalized spacial score (nSPS) is 43.9. The van der Waals surface area contributed by atoms with Crippen LogP contribution in [-0.2, 0) is 12.0 Å². The molecule has 7 rings (SSSR count). The molecule has 4 bridgehead atoms. The first-order valence-electron chi connectivity index (χ1n) is 11.5. The van der Waals surface area contributed by atoms with Crippen molar-refractivity contribution in [1.29, 1.82) is 0 Å². The van der Waals surface area contributed by atoms with Crippen molar-refractivity contribution in [2.45, 2.75) is 62.9 Å². The van der Waals surface area contributed by atoms with Crippen molar-refractivity contribution < 1.29 is 4.79 Å². The number of nitrogens with one attached hydrogen (secondary N) is 1. The van der Waals surface area contributed by atoms with E-state index in [9.17, 15) is 4.79 Å². The lowest BCUT2D eigenvalue weighted by molar-refractivity contribution is -0.0806. The second-order valence-electron chi connectivity index (χ2n) is 10.6. The van der Waals surface area contributed by atoms with Crippen molar-refractivity contribution in [1.82, 2.24) is 10.2 Å². The first kappa shape index (κ1) is 17.3. The third-order valence-electron chi connectivity index (χ3n) is 9.23. The Morgan fingerprint density at radius 1 is 1.07 bits per heavy atom. The number of fused-ring (bicyclic) bond motifs is 2. The minimum atomic E-state index is -0.189. The maximum Gasteiger partial charge on any atom is 0.315 e. The Labute approximate surface area is 168 Å². The molecule has 28 heavy (non-hydrogen) atoms. The summed E-state index contributed by atoms with van der Waals surface area (Å²) in [5, 5.41) is 3.70. The maximum absolute atomic E-state index is 12.4. The van der Waals surface area contributed by atoms with Gasteiger partial charge in [-0.3, -0.25) is 0 Å². The van der Waals surface area contributed by atoms with Gasteiger partial charge in [-0.25, -0.2) is 4.79 Å². The van der Waals surface area contributed by atoms with Gasteiger partial charge in [-0.15, -0.1) is 0 Å². The summed E-state index contributed by atoms with van der Waals surface area (Å²) in [6.07, 6.45) is 9.22. The van der Waals surface area contributed by atoms with E-state index in [2.05, 4.69) is 34.5 Å². The van der Waals surface area contributed by atoms with Crippen molar-refractivity contribution in [3.05, 3.63) is 35.4 Å². The van der Waals surface area contributed by atoms with Gasteiger partial charge in [0.25, 0.3) is 0 Å². The number of nitrogens with zero attached hydrogens (tertiary/aromatic N) is 1. The monoisotopic (exact) mass is 379 g/mol. The Hall–Kier alpha value is -1.55. The molecule has 1 saturated heterocycles. The van der Waals surface area contributed by atoms with E-state index in [-0.39, 0.29) is 11.4 Å². The summed E-state index contributed by atoms with van der Waals surface area (Å²) < 4.78 is 0. The van der Waals surface area contributed by atoms with Crippen LogP contribution in [0.1, 0.15) is 56.1 Å². The molecule has 0 radical (unpaired) electrons. The van der Waals surface area contributed by atoms with Crippen LogP contribution in [0.25, 0.3) is 0 Å². The third kappa shape index (κ3) is 2.49. The highest BCUT2D eigenvalue weighted by Crippen LogP contribution is 2.59. The minimum absolute atomic E-state index is 0.167. The molecule has 5 fully saturated rings. The van der Waals surface area contributed by atoms with Crippen LogP contribution in [0.2, 0.25) is 0 Å². The molecular weight excluding hydrogens is 346 g/mol. The Morgan fingerprint density at radius 3 is 2.50 bits per heavy atom. The zero-order chi connectivity index (χ0) is 18.9. The van der Waals surface area contributed by atoms with E-state index >= 15 is 0 Å². The number of urea groups is 1. The summed E-state index contributed by atoms with van der Waals surface area (Å²) in [5.41, 5.74) is 9.08. The zero-order valence-electron chi connectivity index (χ0n) is 16.8. The molecular formula is C24H33N3O. The van der Waals surface area contributed by atoms with Gasteiger partial charge in [0.15, 0.2) is 0 Å². The Morgan fingerprint density at radius 2 is 1.79 bits per heavy atom. The van der Waals surface area contributed by atoms with Gasteiger partial charge in [-0.05, 0) is 85.7 Å². The fourth-order valence-electron chi connectivity index (χ4n) is 8.45. The summed E-state index contributed by atoms with van der Waals surface area (Å²) in [5.74, 6) is 4.26. The largest absolute Gasteiger partial charge is 0.351 e. The van der Waals surface area contributed by atoms with Gasteiger partial charge in [0, 0.05) is 31.1 Å². The minimum Gasteiger partial charge on any atom is -0.351 e. The lowest BCUT2D eigenvalue weighted by Crippen LogP contribution is -2.62. The van der Waals surface area contributed by atoms with Crippen LogP contribution in [0.15, 0.2) is 24.3 Å². The number of hydrogen-bond acceptors (Lipinski definition) is 2. The van der Waals surface area contributed by atoms with Crippen LogP contribution in [-0.4, -0.2) is 30.1 Å². The predicted octanol–water partition coefficient (Wildman–Crippen LogP) is 3.64. The van der Waals surface area contributed by atoms with Crippen LogP contribution < -0.4 is 11.1 Å². The van der Waals surface area contributed by atoms with E-state index in [0.717, 1.165) is 56.1 Å². The Balaban J connectivity index is 1.37. The molecule has 4 nitrogen and oxygen atoms in total. The van der Waals surface area contributed by atoms with E-state index in [1.165, 1.54) is 43.2 Å².